The minimum Gasteiger partial charge on any atom is -0.324 e. The van der Waals surface area contributed by atoms with Gasteiger partial charge >= 0.3 is 0 Å². The van der Waals surface area contributed by atoms with Crippen LogP contribution in [0.5, 0.6) is 0 Å². The maximum absolute atomic E-state index is 4.56. The number of halogens is 1. The lowest BCUT2D eigenvalue weighted by Crippen LogP contribution is -2.20. The van der Waals surface area contributed by atoms with Crippen LogP contribution >= 0.6 is 15.9 Å². The Bertz CT molecular complexity index is 908. The van der Waals surface area contributed by atoms with Crippen LogP contribution in [0.1, 0.15) is 28.6 Å². The molecule has 0 spiro atoms. The summed E-state index contributed by atoms with van der Waals surface area (Å²) in [5, 5.41) is 7.96. The lowest BCUT2D eigenvalue weighted by Gasteiger charge is -2.24. The predicted octanol–water partition coefficient (Wildman–Crippen LogP) is 4.71. The number of nitrogens with one attached hydrogen (secondary N) is 1. The Balaban J connectivity index is 1.82. The Morgan fingerprint density at radius 1 is 1.00 bits per heavy atom. The fourth-order valence-electron chi connectivity index (χ4n) is 2.90. The summed E-state index contributed by atoms with van der Waals surface area (Å²) in [4.78, 5) is 4.53. The Morgan fingerprint density at radius 2 is 1.71 bits per heavy atom. The number of benzene rings is 2. The quantitative estimate of drug-likeness (QED) is 0.699. The van der Waals surface area contributed by atoms with Gasteiger partial charge in [-0.05, 0) is 43.2 Å². The monoisotopic (exact) mass is 380 g/mol. The Morgan fingerprint density at radius 3 is 2.42 bits per heavy atom. The fraction of sp³-hybridized carbons (Fsp3) is 0.158. The van der Waals surface area contributed by atoms with Gasteiger partial charge in [0, 0.05) is 10.2 Å². The van der Waals surface area contributed by atoms with E-state index in [0.29, 0.717) is 0 Å². The molecule has 0 saturated heterocycles. The third-order valence-electron chi connectivity index (χ3n) is 4.15. The molecule has 0 bridgehead atoms. The Kier molecular flexibility index (Phi) is 3.73. The zero-order valence-corrected chi connectivity index (χ0v) is 15.1. The van der Waals surface area contributed by atoms with Crippen LogP contribution in [0, 0.1) is 13.8 Å². The second-order valence-corrected chi connectivity index (χ2v) is 6.91. The van der Waals surface area contributed by atoms with Crippen LogP contribution in [0.25, 0.3) is 5.70 Å². The van der Waals surface area contributed by atoms with Gasteiger partial charge in [-0.25, -0.2) is 4.68 Å². The highest BCUT2D eigenvalue weighted by atomic mass is 79.9. The van der Waals surface area contributed by atoms with Crippen molar-refractivity contribution in [2.45, 2.75) is 19.9 Å². The number of hydrogen-bond donors (Lipinski definition) is 1. The number of fused-ring (bicyclic) bond motifs is 1. The van der Waals surface area contributed by atoms with E-state index >= 15 is 0 Å². The minimum atomic E-state index is 0.0293. The van der Waals surface area contributed by atoms with Crippen molar-refractivity contribution in [2.75, 3.05) is 5.32 Å². The summed E-state index contributed by atoms with van der Waals surface area (Å²) in [7, 11) is 0. The van der Waals surface area contributed by atoms with E-state index in [1.165, 1.54) is 11.1 Å². The van der Waals surface area contributed by atoms with Gasteiger partial charge in [0.15, 0.2) is 0 Å². The molecule has 1 aliphatic rings. The van der Waals surface area contributed by atoms with Gasteiger partial charge in [0.05, 0.1) is 0 Å². The van der Waals surface area contributed by atoms with Crippen LogP contribution in [0.3, 0.4) is 0 Å². The molecular formula is C19H17BrN4. The van der Waals surface area contributed by atoms with E-state index in [1.54, 1.807) is 0 Å². The van der Waals surface area contributed by atoms with E-state index in [4.69, 9.17) is 0 Å². The molecule has 1 aromatic heterocycles. The van der Waals surface area contributed by atoms with Crippen molar-refractivity contribution in [3.8, 4) is 0 Å². The van der Waals surface area contributed by atoms with Crippen molar-refractivity contribution >= 4 is 27.6 Å². The van der Waals surface area contributed by atoms with Gasteiger partial charge < -0.3 is 5.32 Å². The van der Waals surface area contributed by atoms with E-state index < -0.39 is 0 Å². The summed E-state index contributed by atoms with van der Waals surface area (Å²) < 4.78 is 3.01. The van der Waals surface area contributed by atoms with E-state index in [1.807, 2.05) is 23.7 Å². The highest BCUT2D eigenvalue weighted by molar-refractivity contribution is 9.10. The number of rotatable bonds is 2. The molecule has 120 valence electrons. The number of hydrogen-bond acceptors (Lipinski definition) is 3. The lowest BCUT2D eigenvalue weighted by atomic mass is 10.0. The fourth-order valence-corrected chi connectivity index (χ4v) is 3.16. The Hall–Kier alpha value is -2.40. The molecule has 0 amide bonds. The van der Waals surface area contributed by atoms with Crippen molar-refractivity contribution in [2.24, 2.45) is 0 Å². The summed E-state index contributed by atoms with van der Waals surface area (Å²) in [6.07, 6.45) is 2.20. The normalized spacial score (nSPS) is 16.3. The maximum atomic E-state index is 4.56. The topological polar surface area (TPSA) is 42.7 Å². The average Bonchev–Trinajstić information content (AvgIpc) is 2.95. The van der Waals surface area contributed by atoms with Crippen LogP contribution in [-0.4, -0.2) is 14.8 Å². The van der Waals surface area contributed by atoms with Gasteiger partial charge in [-0.2, -0.15) is 10.1 Å². The summed E-state index contributed by atoms with van der Waals surface area (Å²) in [6.45, 7) is 4.01. The first-order valence-corrected chi connectivity index (χ1v) is 8.64. The van der Waals surface area contributed by atoms with Crippen LogP contribution in [0.2, 0.25) is 0 Å². The van der Waals surface area contributed by atoms with Crippen molar-refractivity contribution in [1.82, 2.24) is 14.8 Å². The van der Waals surface area contributed by atoms with Gasteiger partial charge in [0.1, 0.15) is 11.9 Å². The predicted molar refractivity (Wildman–Crippen MR) is 99.8 cm³/mol. The maximum Gasteiger partial charge on any atom is 0.226 e. The zero-order valence-electron chi connectivity index (χ0n) is 13.5. The highest BCUT2D eigenvalue weighted by Gasteiger charge is 2.24. The molecule has 1 aliphatic heterocycles. The standard InChI is InChI=1S/C19H17BrN4/c1-12-3-5-15(6-4-12)18-11-17(14-7-9-16(20)10-8-14)22-19-21-13(2)23-24(18)19/h3-11,18H,1-2H3,(H,21,22,23)/t18-/m1/s1. The van der Waals surface area contributed by atoms with Crippen LogP contribution < -0.4 is 5.32 Å². The van der Waals surface area contributed by atoms with E-state index in [0.717, 1.165) is 27.5 Å². The molecule has 1 atom stereocenters. The van der Waals surface area contributed by atoms with E-state index in [2.05, 4.69) is 80.7 Å². The number of aryl methyl sites for hydroxylation is 2. The van der Waals surface area contributed by atoms with Gasteiger partial charge in [-0.3, -0.25) is 0 Å². The van der Waals surface area contributed by atoms with E-state index in [9.17, 15) is 0 Å². The molecule has 3 aromatic rings. The molecule has 0 unspecified atom stereocenters. The first-order chi connectivity index (χ1) is 11.6. The second kappa shape index (κ2) is 5.91. The first kappa shape index (κ1) is 15.1. The molecule has 0 radical (unpaired) electrons. The molecule has 2 heterocycles. The number of nitrogens with zero attached hydrogens (tertiary/aromatic N) is 3. The number of allylic oxidation sites excluding steroid dienone is 1. The third kappa shape index (κ3) is 2.76. The SMILES string of the molecule is Cc1ccc([C@H]2C=C(c3ccc(Br)cc3)Nc3nc(C)nn32)cc1. The number of aromatic nitrogens is 3. The van der Waals surface area contributed by atoms with Crippen LogP contribution in [0.4, 0.5) is 5.95 Å². The Labute approximate surface area is 149 Å². The molecule has 0 aliphatic carbocycles. The van der Waals surface area contributed by atoms with Crippen LogP contribution in [0.15, 0.2) is 59.1 Å². The van der Waals surface area contributed by atoms with Gasteiger partial charge in [-0.1, -0.05) is 57.9 Å². The molecule has 0 saturated carbocycles. The summed E-state index contributed by atoms with van der Waals surface area (Å²) >= 11 is 3.49. The summed E-state index contributed by atoms with van der Waals surface area (Å²) in [5.41, 5.74) is 4.62. The molecule has 1 N–H and O–H groups in total. The first-order valence-electron chi connectivity index (χ1n) is 7.85. The molecular weight excluding hydrogens is 364 g/mol. The van der Waals surface area contributed by atoms with Crippen molar-refractivity contribution in [1.29, 1.82) is 0 Å². The van der Waals surface area contributed by atoms with E-state index in [-0.39, 0.29) is 6.04 Å². The minimum absolute atomic E-state index is 0.0293. The van der Waals surface area contributed by atoms with Gasteiger partial charge in [0.2, 0.25) is 5.95 Å². The molecule has 5 heteroatoms. The van der Waals surface area contributed by atoms with Gasteiger partial charge in [0.25, 0.3) is 0 Å². The van der Waals surface area contributed by atoms with Crippen LogP contribution in [-0.2, 0) is 0 Å². The molecule has 4 nitrogen and oxygen atoms in total. The zero-order chi connectivity index (χ0) is 16.7. The summed E-state index contributed by atoms with van der Waals surface area (Å²) in [6, 6.07) is 16.9. The second-order valence-electron chi connectivity index (χ2n) is 5.99. The molecule has 0 fully saturated rings. The van der Waals surface area contributed by atoms with Gasteiger partial charge in [-0.15, -0.1) is 0 Å². The van der Waals surface area contributed by atoms with Crippen molar-refractivity contribution < 1.29 is 0 Å². The van der Waals surface area contributed by atoms with Crippen molar-refractivity contribution in [3.63, 3.8) is 0 Å². The highest BCUT2D eigenvalue weighted by Crippen LogP contribution is 2.32. The smallest absolute Gasteiger partial charge is 0.226 e. The molecule has 24 heavy (non-hydrogen) atoms. The molecule has 2 aromatic carbocycles. The summed E-state index contributed by atoms with van der Waals surface area (Å²) in [5.74, 6) is 1.54. The number of anilines is 1. The third-order valence-corrected chi connectivity index (χ3v) is 4.67. The average molecular weight is 381 g/mol. The lowest BCUT2D eigenvalue weighted by molar-refractivity contribution is 0.607. The molecule has 4 rings (SSSR count). The largest absolute Gasteiger partial charge is 0.324 e. The van der Waals surface area contributed by atoms with Crippen molar-refractivity contribution in [3.05, 3.63) is 81.6 Å².